The SMILES string of the molecule is CCNCC(C)CC1CCCCCC1. The van der Waals surface area contributed by atoms with Gasteiger partial charge in [-0.25, -0.2) is 0 Å². The lowest BCUT2D eigenvalue weighted by Gasteiger charge is -2.19. The average molecular weight is 197 g/mol. The summed E-state index contributed by atoms with van der Waals surface area (Å²) in [5.41, 5.74) is 0. The molecular weight excluding hydrogens is 170 g/mol. The van der Waals surface area contributed by atoms with Crippen LogP contribution in [0.15, 0.2) is 0 Å². The zero-order valence-electron chi connectivity index (χ0n) is 10.0. The molecule has 1 nitrogen and oxygen atoms in total. The second-order valence-corrected chi connectivity index (χ2v) is 5.01. The van der Waals surface area contributed by atoms with Gasteiger partial charge in [-0.3, -0.25) is 0 Å². The molecule has 1 aliphatic carbocycles. The topological polar surface area (TPSA) is 12.0 Å². The maximum absolute atomic E-state index is 3.45. The van der Waals surface area contributed by atoms with E-state index in [4.69, 9.17) is 0 Å². The maximum Gasteiger partial charge on any atom is -0.00232 e. The minimum Gasteiger partial charge on any atom is -0.317 e. The van der Waals surface area contributed by atoms with Crippen molar-refractivity contribution in [3.05, 3.63) is 0 Å². The molecule has 0 heterocycles. The summed E-state index contributed by atoms with van der Waals surface area (Å²) in [6, 6.07) is 0. The quantitative estimate of drug-likeness (QED) is 0.664. The summed E-state index contributed by atoms with van der Waals surface area (Å²) in [5.74, 6) is 1.91. The van der Waals surface area contributed by atoms with Crippen LogP contribution in [0.3, 0.4) is 0 Å². The van der Waals surface area contributed by atoms with Crippen molar-refractivity contribution in [2.24, 2.45) is 11.8 Å². The van der Waals surface area contributed by atoms with Crippen molar-refractivity contribution < 1.29 is 0 Å². The van der Waals surface area contributed by atoms with Gasteiger partial charge in [0.05, 0.1) is 0 Å². The van der Waals surface area contributed by atoms with E-state index in [1.54, 1.807) is 0 Å². The molecule has 1 N–H and O–H groups in total. The molecule has 84 valence electrons. The highest BCUT2D eigenvalue weighted by molar-refractivity contribution is 4.68. The predicted molar refractivity (Wildman–Crippen MR) is 63.5 cm³/mol. The van der Waals surface area contributed by atoms with Crippen LogP contribution in [0, 0.1) is 11.8 Å². The zero-order chi connectivity index (χ0) is 10.2. The van der Waals surface area contributed by atoms with Gasteiger partial charge in [0.15, 0.2) is 0 Å². The lowest BCUT2D eigenvalue weighted by molar-refractivity contribution is 0.346. The first-order chi connectivity index (χ1) is 6.83. The average Bonchev–Trinajstić information content (AvgIpc) is 2.43. The van der Waals surface area contributed by atoms with Gasteiger partial charge in [0.25, 0.3) is 0 Å². The Balaban J connectivity index is 2.13. The minimum atomic E-state index is 0.873. The van der Waals surface area contributed by atoms with Gasteiger partial charge >= 0.3 is 0 Å². The van der Waals surface area contributed by atoms with Crippen molar-refractivity contribution in [1.29, 1.82) is 0 Å². The third-order valence-corrected chi connectivity index (χ3v) is 3.45. The van der Waals surface area contributed by atoms with E-state index in [1.807, 2.05) is 0 Å². The molecule has 0 aromatic carbocycles. The molecule has 0 saturated heterocycles. The van der Waals surface area contributed by atoms with Crippen molar-refractivity contribution in [2.45, 2.75) is 58.8 Å². The van der Waals surface area contributed by atoms with Gasteiger partial charge in [-0.2, -0.15) is 0 Å². The fourth-order valence-corrected chi connectivity index (χ4v) is 2.64. The van der Waals surface area contributed by atoms with Gasteiger partial charge in [0, 0.05) is 0 Å². The summed E-state index contributed by atoms with van der Waals surface area (Å²) < 4.78 is 0. The van der Waals surface area contributed by atoms with Crippen LogP contribution in [0.1, 0.15) is 58.8 Å². The van der Waals surface area contributed by atoms with Gasteiger partial charge in [-0.15, -0.1) is 0 Å². The van der Waals surface area contributed by atoms with E-state index in [0.717, 1.165) is 18.4 Å². The van der Waals surface area contributed by atoms with Crippen molar-refractivity contribution in [3.63, 3.8) is 0 Å². The summed E-state index contributed by atoms with van der Waals surface area (Å²) in [6.45, 7) is 6.92. The van der Waals surface area contributed by atoms with E-state index in [1.165, 1.54) is 51.5 Å². The molecule has 0 aromatic rings. The van der Waals surface area contributed by atoms with Crippen LogP contribution in [-0.2, 0) is 0 Å². The van der Waals surface area contributed by atoms with E-state index in [-0.39, 0.29) is 0 Å². The smallest absolute Gasteiger partial charge is 0.00232 e. The van der Waals surface area contributed by atoms with E-state index in [2.05, 4.69) is 19.2 Å². The molecule has 0 bridgehead atoms. The number of hydrogen-bond acceptors (Lipinski definition) is 1. The number of rotatable bonds is 5. The molecule has 0 spiro atoms. The highest BCUT2D eigenvalue weighted by Crippen LogP contribution is 2.27. The fourth-order valence-electron chi connectivity index (χ4n) is 2.64. The van der Waals surface area contributed by atoms with Crippen LogP contribution in [0.25, 0.3) is 0 Å². The van der Waals surface area contributed by atoms with E-state index in [0.29, 0.717) is 0 Å². The van der Waals surface area contributed by atoms with Gasteiger partial charge in [0.2, 0.25) is 0 Å². The Morgan fingerprint density at radius 3 is 2.36 bits per heavy atom. The van der Waals surface area contributed by atoms with Crippen LogP contribution in [0.4, 0.5) is 0 Å². The largest absolute Gasteiger partial charge is 0.317 e. The molecule has 0 aromatic heterocycles. The summed E-state index contributed by atoms with van der Waals surface area (Å²) in [7, 11) is 0. The summed E-state index contributed by atoms with van der Waals surface area (Å²) in [4.78, 5) is 0. The Hall–Kier alpha value is -0.0400. The molecule has 0 amide bonds. The van der Waals surface area contributed by atoms with Crippen LogP contribution in [-0.4, -0.2) is 13.1 Å². The standard InChI is InChI=1S/C13H27N/c1-3-14-11-12(2)10-13-8-6-4-5-7-9-13/h12-14H,3-11H2,1-2H3. The molecule has 1 unspecified atom stereocenters. The van der Waals surface area contributed by atoms with Crippen LogP contribution >= 0.6 is 0 Å². The van der Waals surface area contributed by atoms with E-state index >= 15 is 0 Å². The second kappa shape index (κ2) is 7.28. The zero-order valence-corrected chi connectivity index (χ0v) is 10.0. The predicted octanol–water partition coefficient (Wildman–Crippen LogP) is 3.59. The lowest BCUT2D eigenvalue weighted by Crippen LogP contribution is -2.22. The first kappa shape index (κ1) is 12.0. The Morgan fingerprint density at radius 2 is 1.79 bits per heavy atom. The number of hydrogen-bond donors (Lipinski definition) is 1. The van der Waals surface area contributed by atoms with Gasteiger partial charge in [0.1, 0.15) is 0 Å². The van der Waals surface area contributed by atoms with Crippen molar-refractivity contribution in [2.75, 3.05) is 13.1 Å². The van der Waals surface area contributed by atoms with Crippen LogP contribution in [0.5, 0.6) is 0 Å². The highest BCUT2D eigenvalue weighted by Gasteiger charge is 2.14. The Morgan fingerprint density at radius 1 is 1.14 bits per heavy atom. The minimum absolute atomic E-state index is 0.873. The second-order valence-electron chi connectivity index (χ2n) is 5.01. The van der Waals surface area contributed by atoms with Crippen LogP contribution in [0.2, 0.25) is 0 Å². The number of nitrogens with one attached hydrogen (secondary N) is 1. The van der Waals surface area contributed by atoms with Crippen molar-refractivity contribution in [3.8, 4) is 0 Å². The van der Waals surface area contributed by atoms with E-state index < -0.39 is 0 Å². The molecule has 1 heteroatoms. The summed E-state index contributed by atoms with van der Waals surface area (Å²) in [6.07, 6.45) is 10.4. The van der Waals surface area contributed by atoms with Crippen molar-refractivity contribution in [1.82, 2.24) is 5.32 Å². The normalized spacial score (nSPS) is 21.9. The molecule has 1 fully saturated rings. The summed E-state index contributed by atoms with van der Waals surface area (Å²) >= 11 is 0. The molecule has 1 aliphatic rings. The van der Waals surface area contributed by atoms with Crippen molar-refractivity contribution >= 4 is 0 Å². The molecule has 1 saturated carbocycles. The Labute approximate surface area is 89.7 Å². The first-order valence-corrected chi connectivity index (χ1v) is 6.53. The van der Waals surface area contributed by atoms with Crippen LogP contribution < -0.4 is 5.32 Å². The van der Waals surface area contributed by atoms with E-state index in [9.17, 15) is 0 Å². The molecule has 14 heavy (non-hydrogen) atoms. The third-order valence-electron chi connectivity index (χ3n) is 3.45. The van der Waals surface area contributed by atoms with Gasteiger partial charge in [-0.1, -0.05) is 52.4 Å². The summed E-state index contributed by atoms with van der Waals surface area (Å²) in [5, 5.41) is 3.45. The lowest BCUT2D eigenvalue weighted by atomic mass is 9.90. The fraction of sp³-hybridized carbons (Fsp3) is 1.00. The maximum atomic E-state index is 3.45. The van der Waals surface area contributed by atoms with Gasteiger partial charge in [-0.05, 0) is 31.3 Å². The monoisotopic (exact) mass is 197 g/mol. The molecule has 1 rings (SSSR count). The third kappa shape index (κ3) is 4.99. The highest BCUT2D eigenvalue weighted by atomic mass is 14.8. The Kier molecular flexibility index (Phi) is 6.25. The Bertz CT molecular complexity index is 125. The van der Waals surface area contributed by atoms with Gasteiger partial charge < -0.3 is 5.32 Å². The molecule has 0 aliphatic heterocycles. The molecule has 0 radical (unpaired) electrons. The first-order valence-electron chi connectivity index (χ1n) is 6.53. The molecular formula is C13H27N. The molecule has 1 atom stereocenters.